The maximum Gasteiger partial charge on any atom is 0.0823 e. The monoisotopic (exact) mass is 278 g/mol. The zero-order chi connectivity index (χ0) is 13.1. The van der Waals surface area contributed by atoms with Gasteiger partial charge in [-0.3, -0.25) is 4.68 Å². The van der Waals surface area contributed by atoms with Crippen molar-refractivity contribution in [1.82, 2.24) is 9.78 Å². The highest BCUT2D eigenvalue weighted by Crippen LogP contribution is 2.34. The first-order valence-corrected chi connectivity index (χ1v) is 6.54. The molecule has 17 heavy (non-hydrogen) atoms. The summed E-state index contributed by atoms with van der Waals surface area (Å²) in [6.07, 6.45) is 2.54. The number of rotatable bonds is 6. The molecule has 1 aromatic rings. The third-order valence-corrected chi connectivity index (χ3v) is 3.17. The fourth-order valence-electron chi connectivity index (χ4n) is 2.18. The topological polar surface area (TPSA) is 27.1 Å². The lowest BCUT2D eigenvalue weighted by molar-refractivity contribution is 0.180. The minimum Gasteiger partial charge on any atom is -0.383 e. The lowest BCUT2D eigenvalue weighted by Crippen LogP contribution is -2.26. The molecule has 0 spiro atoms. The lowest BCUT2D eigenvalue weighted by atomic mass is 9.84. The highest BCUT2D eigenvalue weighted by Gasteiger charge is 2.29. The van der Waals surface area contributed by atoms with Gasteiger partial charge in [0, 0.05) is 17.9 Å². The molecule has 0 saturated carbocycles. The Morgan fingerprint density at radius 1 is 1.53 bits per heavy atom. The van der Waals surface area contributed by atoms with Gasteiger partial charge in [0.25, 0.3) is 0 Å². The van der Waals surface area contributed by atoms with E-state index in [4.69, 9.17) is 27.9 Å². The second-order valence-corrected chi connectivity index (χ2v) is 6.08. The highest BCUT2D eigenvalue weighted by molar-refractivity contribution is 6.31. The van der Waals surface area contributed by atoms with E-state index in [-0.39, 0.29) is 10.8 Å². The number of aromatic nitrogens is 2. The van der Waals surface area contributed by atoms with Crippen LogP contribution in [0.5, 0.6) is 0 Å². The predicted octanol–water partition coefficient (Wildman–Crippen LogP) is 3.48. The third-order valence-electron chi connectivity index (χ3n) is 2.73. The van der Waals surface area contributed by atoms with Crippen LogP contribution >= 0.6 is 23.2 Å². The van der Waals surface area contributed by atoms with Gasteiger partial charge in [-0.05, 0) is 13.3 Å². The number of alkyl halides is 1. The van der Waals surface area contributed by atoms with Crippen molar-refractivity contribution in [2.75, 3.05) is 13.7 Å². The Kier molecular flexibility index (Phi) is 5.29. The number of hydrogen-bond acceptors (Lipinski definition) is 2. The van der Waals surface area contributed by atoms with E-state index in [1.807, 2.05) is 11.6 Å². The normalized spacial score (nSPS) is 14.0. The van der Waals surface area contributed by atoms with Crippen molar-refractivity contribution < 1.29 is 4.74 Å². The number of halogens is 2. The van der Waals surface area contributed by atoms with Gasteiger partial charge in [0.2, 0.25) is 0 Å². The van der Waals surface area contributed by atoms with Crippen LogP contribution in [-0.4, -0.2) is 28.9 Å². The summed E-state index contributed by atoms with van der Waals surface area (Å²) in [4.78, 5) is 0. The molecular formula is C12H20Cl2N2O. The Morgan fingerprint density at radius 2 is 2.18 bits per heavy atom. The minimum atomic E-state index is -0.0948. The molecule has 1 atom stereocenters. The fraction of sp³-hybridized carbons (Fsp3) is 0.750. The largest absolute Gasteiger partial charge is 0.383 e. The van der Waals surface area contributed by atoms with Crippen LogP contribution in [0.25, 0.3) is 0 Å². The Bertz CT molecular complexity index is 361. The standard InChI is InChI=1S/C12H20Cl2N2O/c1-9(13)7-12(2,3)11-10(14)8-15-16(11)5-6-17-4/h8-9H,5-7H2,1-4H3. The number of ether oxygens (including phenoxy) is 1. The summed E-state index contributed by atoms with van der Waals surface area (Å²) in [7, 11) is 1.68. The van der Waals surface area contributed by atoms with E-state index in [9.17, 15) is 0 Å². The molecule has 3 nitrogen and oxygen atoms in total. The number of nitrogens with zero attached hydrogens (tertiary/aromatic N) is 2. The van der Waals surface area contributed by atoms with Gasteiger partial charge >= 0.3 is 0 Å². The van der Waals surface area contributed by atoms with Crippen LogP contribution in [0, 0.1) is 0 Å². The maximum absolute atomic E-state index is 6.22. The van der Waals surface area contributed by atoms with Crippen molar-refractivity contribution in [1.29, 1.82) is 0 Å². The first-order chi connectivity index (χ1) is 7.88. The van der Waals surface area contributed by atoms with Crippen molar-refractivity contribution in [2.24, 2.45) is 0 Å². The van der Waals surface area contributed by atoms with E-state index in [1.54, 1.807) is 13.3 Å². The van der Waals surface area contributed by atoms with E-state index in [2.05, 4.69) is 18.9 Å². The van der Waals surface area contributed by atoms with Gasteiger partial charge in [0.15, 0.2) is 0 Å². The summed E-state index contributed by atoms with van der Waals surface area (Å²) >= 11 is 12.3. The second-order valence-electron chi connectivity index (χ2n) is 4.93. The van der Waals surface area contributed by atoms with E-state index >= 15 is 0 Å². The number of hydrogen-bond donors (Lipinski definition) is 0. The van der Waals surface area contributed by atoms with E-state index in [1.165, 1.54) is 0 Å². The Balaban J connectivity index is 2.97. The Labute approximate surface area is 113 Å². The zero-order valence-corrected chi connectivity index (χ0v) is 12.3. The summed E-state index contributed by atoms with van der Waals surface area (Å²) in [6.45, 7) is 7.60. The molecule has 98 valence electrons. The van der Waals surface area contributed by atoms with E-state index < -0.39 is 0 Å². The molecule has 0 amide bonds. The molecule has 0 fully saturated rings. The van der Waals surface area contributed by atoms with Crippen molar-refractivity contribution in [3.8, 4) is 0 Å². The van der Waals surface area contributed by atoms with Gasteiger partial charge < -0.3 is 4.74 Å². The van der Waals surface area contributed by atoms with E-state index in [0.717, 1.165) is 12.1 Å². The summed E-state index contributed by atoms with van der Waals surface area (Å²) in [5.74, 6) is 0. The van der Waals surface area contributed by atoms with Gasteiger partial charge in [0.1, 0.15) is 0 Å². The summed E-state index contributed by atoms with van der Waals surface area (Å²) < 4.78 is 6.98. The van der Waals surface area contributed by atoms with Gasteiger partial charge in [-0.15, -0.1) is 11.6 Å². The van der Waals surface area contributed by atoms with Crippen molar-refractivity contribution >= 4 is 23.2 Å². The molecule has 0 bridgehead atoms. The summed E-state index contributed by atoms with van der Waals surface area (Å²) in [5, 5.41) is 5.09. The molecule has 0 saturated heterocycles. The molecule has 1 heterocycles. The average Bonchev–Trinajstić information content (AvgIpc) is 2.55. The van der Waals surface area contributed by atoms with Gasteiger partial charge in [-0.25, -0.2) is 0 Å². The molecule has 0 aromatic carbocycles. The van der Waals surface area contributed by atoms with Crippen LogP contribution in [0.3, 0.4) is 0 Å². The minimum absolute atomic E-state index is 0.0948. The molecule has 0 aliphatic heterocycles. The SMILES string of the molecule is COCCn1ncc(Cl)c1C(C)(C)CC(C)Cl. The third kappa shape index (κ3) is 3.87. The molecule has 1 aromatic heterocycles. The summed E-state index contributed by atoms with van der Waals surface area (Å²) in [5.41, 5.74) is 0.936. The van der Waals surface area contributed by atoms with E-state index in [0.29, 0.717) is 18.2 Å². The molecule has 0 radical (unpaired) electrons. The zero-order valence-electron chi connectivity index (χ0n) is 10.8. The molecule has 5 heteroatoms. The molecular weight excluding hydrogens is 259 g/mol. The van der Waals surface area contributed by atoms with Crippen LogP contribution in [0.1, 0.15) is 32.9 Å². The molecule has 0 aliphatic carbocycles. The molecule has 1 rings (SSSR count). The average molecular weight is 279 g/mol. The van der Waals surface area contributed by atoms with Crippen LogP contribution in [-0.2, 0) is 16.7 Å². The first kappa shape index (κ1) is 14.8. The van der Waals surface area contributed by atoms with Gasteiger partial charge in [-0.2, -0.15) is 5.10 Å². The van der Waals surface area contributed by atoms with Gasteiger partial charge in [-0.1, -0.05) is 25.4 Å². The fourth-order valence-corrected chi connectivity index (χ4v) is 2.97. The van der Waals surface area contributed by atoms with Crippen molar-refractivity contribution in [2.45, 2.75) is 44.5 Å². The quantitative estimate of drug-likeness (QED) is 0.745. The van der Waals surface area contributed by atoms with Crippen molar-refractivity contribution in [3.05, 3.63) is 16.9 Å². The lowest BCUT2D eigenvalue weighted by Gasteiger charge is -2.27. The smallest absolute Gasteiger partial charge is 0.0823 e. The molecule has 0 aliphatic rings. The highest BCUT2D eigenvalue weighted by atomic mass is 35.5. The van der Waals surface area contributed by atoms with Crippen LogP contribution in [0.4, 0.5) is 0 Å². The van der Waals surface area contributed by atoms with Crippen LogP contribution < -0.4 is 0 Å². The number of methoxy groups -OCH3 is 1. The molecule has 1 unspecified atom stereocenters. The van der Waals surface area contributed by atoms with Crippen LogP contribution in [0.15, 0.2) is 6.20 Å². The predicted molar refractivity (Wildman–Crippen MR) is 72.1 cm³/mol. The Hall–Kier alpha value is -0.250. The maximum atomic E-state index is 6.22. The first-order valence-electron chi connectivity index (χ1n) is 5.73. The van der Waals surface area contributed by atoms with Crippen LogP contribution in [0.2, 0.25) is 5.02 Å². The molecule has 0 N–H and O–H groups in total. The van der Waals surface area contributed by atoms with Crippen molar-refractivity contribution in [3.63, 3.8) is 0 Å². The Morgan fingerprint density at radius 3 is 2.71 bits per heavy atom. The second kappa shape index (κ2) is 6.07. The summed E-state index contributed by atoms with van der Waals surface area (Å²) in [6, 6.07) is 0. The van der Waals surface area contributed by atoms with Gasteiger partial charge in [0.05, 0.1) is 30.1 Å².